The maximum absolute atomic E-state index is 14.3. The lowest BCUT2D eigenvalue weighted by atomic mass is 9.84. The third-order valence-corrected chi connectivity index (χ3v) is 6.80. The SMILES string of the molecule is C=C/C=C\C(=C(\N)C(C)C(=O)NC(c1cccc(-c2ccc(C#N)cc2)c1)C(C)(O)CCCCC)C(C)(F)F. The van der Waals surface area contributed by atoms with Gasteiger partial charge in [0.2, 0.25) is 5.91 Å². The second-order valence-electron chi connectivity index (χ2n) is 10.1. The number of alkyl halides is 2. The Morgan fingerprint density at radius 2 is 1.85 bits per heavy atom. The largest absolute Gasteiger partial charge is 0.401 e. The Balaban J connectivity index is 2.50. The Bertz CT molecular complexity index is 1240. The summed E-state index contributed by atoms with van der Waals surface area (Å²) in [4.78, 5) is 13.4. The molecule has 0 aliphatic rings. The molecule has 0 fully saturated rings. The van der Waals surface area contributed by atoms with Gasteiger partial charge in [0.1, 0.15) is 0 Å². The van der Waals surface area contributed by atoms with Crippen LogP contribution in [0.2, 0.25) is 0 Å². The van der Waals surface area contributed by atoms with Crippen LogP contribution in [0.25, 0.3) is 11.1 Å². The van der Waals surface area contributed by atoms with Crippen molar-refractivity contribution in [3.05, 3.63) is 95.7 Å². The van der Waals surface area contributed by atoms with Gasteiger partial charge in [-0.15, -0.1) is 0 Å². The molecule has 0 heterocycles. The zero-order chi connectivity index (χ0) is 29.2. The highest BCUT2D eigenvalue weighted by Gasteiger charge is 2.37. The lowest BCUT2D eigenvalue weighted by Crippen LogP contribution is -2.46. The van der Waals surface area contributed by atoms with Crippen molar-refractivity contribution in [1.82, 2.24) is 5.32 Å². The Morgan fingerprint density at radius 1 is 1.18 bits per heavy atom. The van der Waals surface area contributed by atoms with Gasteiger partial charge in [0.05, 0.1) is 29.2 Å². The number of amides is 1. The number of allylic oxidation sites excluding steroid dienone is 4. The van der Waals surface area contributed by atoms with E-state index in [0.29, 0.717) is 17.5 Å². The molecule has 7 heteroatoms. The van der Waals surface area contributed by atoms with Gasteiger partial charge in [-0.05, 0) is 55.2 Å². The number of benzene rings is 2. The summed E-state index contributed by atoms with van der Waals surface area (Å²) in [6.45, 7) is 9.43. The van der Waals surface area contributed by atoms with Gasteiger partial charge >= 0.3 is 0 Å². The van der Waals surface area contributed by atoms with E-state index >= 15 is 0 Å². The van der Waals surface area contributed by atoms with Gasteiger partial charge in [0, 0.05) is 18.2 Å². The van der Waals surface area contributed by atoms with E-state index in [9.17, 15) is 18.7 Å². The number of nitrogens with two attached hydrogens (primary N) is 1. The van der Waals surface area contributed by atoms with Crippen LogP contribution in [-0.2, 0) is 4.79 Å². The number of hydrogen-bond acceptors (Lipinski definition) is 4. The molecule has 1 amide bonds. The summed E-state index contributed by atoms with van der Waals surface area (Å²) in [7, 11) is 0. The molecule has 2 aromatic rings. The quantitative estimate of drug-likeness (QED) is 0.191. The monoisotopic (exact) mass is 535 g/mol. The molecule has 2 aromatic carbocycles. The van der Waals surface area contributed by atoms with Crippen LogP contribution in [0.15, 0.2) is 84.6 Å². The van der Waals surface area contributed by atoms with E-state index in [1.165, 1.54) is 19.1 Å². The molecule has 0 aliphatic carbocycles. The number of unbranched alkanes of at least 4 members (excludes halogenated alkanes) is 2. The first-order chi connectivity index (χ1) is 18.3. The van der Waals surface area contributed by atoms with Crippen molar-refractivity contribution in [3.63, 3.8) is 0 Å². The highest BCUT2D eigenvalue weighted by atomic mass is 19.3. The molecule has 39 heavy (non-hydrogen) atoms. The van der Waals surface area contributed by atoms with E-state index < -0.39 is 35.0 Å². The predicted molar refractivity (Wildman–Crippen MR) is 153 cm³/mol. The number of carbonyl (C=O) groups excluding carboxylic acids is 1. The summed E-state index contributed by atoms with van der Waals surface area (Å²) in [5, 5.41) is 23.6. The van der Waals surface area contributed by atoms with Crippen molar-refractivity contribution < 1.29 is 18.7 Å². The third-order valence-electron chi connectivity index (χ3n) is 6.80. The molecule has 208 valence electrons. The Kier molecular flexibility index (Phi) is 11.2. The van der Waals surface area contributed by atoms with Gasteiger partial charge in [-0.3, -0.25) is 4.79 Å². The van der Waals surface area contributed by atoms with Crippen LogP contribution in [0.4, 0.5) is 8.78 Å². The minimum absolute atomic E-state index is 0.256. The molecule has 0 spiro atoms. The minimum Gasteiger partial charge on any atom is -0.401 e. The van der Waals surface area contributed by atoms with Gasteiger partial charge in [-0.25, -0.2) is 8.78 Å². The second kappa shape index (κ2) is 13.9. The third kappa shape index (κ3) is 8.62. The number of hydrogen-bond donors (Lipinski definition) is 3. The van der Waals surface area contributed by atoms with Crippen LogP contribution in [0.5, 0.6) is 0 Å². The van der Waals surface area contributed by atoms with Crippen molar-refractivity contribution in [3.8, 4) is 17.2 Å². The Labute approximate surface area is 230 Å². The molecule has 0 bridgehead atoms. The molecular weight excluding hydrogens is 496 g/mol. The van der Waals surface area contributed by atoms with E-state index in [4.69, 9.17) is 11.0 Å². The smallest absolute Gasteiger partial charge is 0.272 e. The predicted octanol–water partition coefficient (Wildman–Crippen LogP) is 6.96. The van der Waals surface area contributed by atoms with Crippen molar-refractivity contribution in [1.29, 1.82) is 5.26 Å². The summed E-state index contributed by atoms with van der Waals surface area (Å²) in [6, 6.07) is 15.8. The minimum atomic E-state index is -3.27. The molecule has 5 nitrogen and oxygen atoms in total. The van der Waals surface area contributed by atoms with Gasteiger partial charge in [-0.2, -0.15) is 5.26 Å². The fourth-order valence-electron chi connectivity index (χ4n) is 4.41. The highest BCUT2D eigenvalue weighted by molar-refractivity contribution is 5.82. The van der Waals surface area contributed by atoms with E-state index in [1.807, 2.05) is 36.4 Å². The Hall–Kier alpha value is -3.76. The number of nitriles is 1. The summed E-state index contributed by atoms with van der Waals surface area (Å²) in [5.74, 6) is -4.93. The summed E-state index contributed by atoms with van der Waals surface area (Å²) >= 11 is 0. The molecule has 4 N–H and O–H groups in total. The molecular formula is C32H39F2N3O2. The zero-order valence-electron chi connectivity index (χ0n) is 23.2. The topological polar surface area (TPSA) is 99.1 Å². The fourth-order valence-corrected chi connectivity index (χ4v) is 4.41. The first-order valence-electron chi connectivity index (χ1n) is 13.2. The summed E-state index contributed by atoms with van der Waals surface area (Å²) < 4.78 is 28.6. The number of nitrogens with one attached hydrogen (secondary N) is 1. The maximum atomic E-state index is 14.3. The molecule has 0 aromatic heterocycles. The summed E-state index contributed by atoms with van der Waals surface area (Å²) in [6.07, 6.45) is 6.92. The van der Waals surface area contributed by atoms with Crippen molar-refractivity contribution >= 4 is 5.91 Å². The number of halogens is 2. The average Bonchev–Trinajstić information content (AvgIpc) is 2.90. The Morgan fingerprint density at radius 3 is 2.41 bits per heavy atom. The lowest BCUT2D eigenvalue weighted by Gasteiger charge is -2.35. The van der Waals surface area contributed by atoms with Crippen LogP contribution in [0.1, 0.15) is 70.5 Å². The first kappa shape index (κ1) is 31.5. The van der Waals surface area contributed by atoms with Crippen LogP contribution in [0, 0.1) is 17.2 Å². The molecule has 0 saturated heterocycles. The average molecular weight is 536 g/mol. The zero-order valence-corrected chi connectivity index (χ0v) is 23.2. The van der Waals surface area contributed by atoms with Crippen LogP contribution in [0.3, 0.4) is 0 Å². The summed E-state index contributed by atoms with van der Waals surface area (Å²) in [5.41, 5.74) is 6.98. The van der Waals surface area contributed by atoms with Crippen molar-refractivity contribution in [2.24, 2.45) is 11.7 Å². The van der Waals surface area contributed by atoms with Gasteiger partial charge < -0.3 is 16.2 Å². The maximum Gasteiger partial charge on any atom is 0.272 e. The van der Waals surface area contributed by atoms with Crippen LogP contribution in [-0.4, -0.2) is 22.5 Å². The number of nitrogens with zero attached hydrogens (tertiary/aromatic N) is 1. The van der Waals surface area contributed by atoms with Crippen molar-refractivity contribution in [2.75, 3.05) is 0 Å². The van der Waals surface area contributed by atoms with E-state index in [2.05, 4.69) is 24.9 Å². The number of rotatable bonds is 13. The highest BCUT2D eigenvalue weighted by Crippen LogP contribution is 2.34. The molecule has 0 radical (unpaired) electrons. The van der Waals surface area contributed by atoms with E-state index in [1.54, 1.807) is 19.1 Å². The molecule has 3 atom stereocenters. The fraction of sp³-hybridized carbons (Fsp3) is 0.375. The second-order valence-corrected chi connectivity index (χ2v) is 10.1. The molecule has 3 unspecified atom stereocenters. The molecule has 0 aliphatic heterocycles. The first-order valence-corrected chi connectivity index (χ1v) is 13.2. The van der Waals surface area contributed by atoms with Gasteiger partial charge in [-0.1, -0.05) is 81.3 Å². The van der Waals surface area contributed by atoms with Crippen LogP contribution >= 0.6 is 0 Å². The number of carbonyl (C=O) groups is 1. The van der Waals surface area contributed by atoms with Crippen LogP contribution < -0.4 is 11.1 Å². The van der Waals surface area contributed by atoms with Gasteiger partial charge in [0.15, 0.2) is 0 Å². The van der Waals surface area contributed by atoms with Crippen molar-refractivity contribution in [2.45, 2.75) is 70.9 Å². The number of aliphatic hydroxyl groups is 1. The van der Waals surface area contributed by atoms with E-state index in [0.717, 1.165) is 43.4 Å². The molecule has 0 saturated carbocycles. The standard InChI is InChI=1S/C32H39F2N3O2/c1-6-8-10-19-31(4,39)29(26-13-11-12-25(20-26)24-17-15-23(21-35)16-18-24)37-30(38)22(3)28(36)27(14-9-7-2)32(5,33)34/h7,9,11-18,20,22,29,39H,2,6,8,10,19,36H2,1,3-5H3,(H,37,38)/b14-9-,28-27-. The normalized spacial score (nSPS) is 15.5. The van der Waals surface area contributed by atoms with E-state index in [-0.39, 0.29) is 5.70 Å². The van der Waals surface area contributed by atoms with Gasteiger partial charge in [0.25, 0.3) is 5.92 Å². The molecule has 2 rings (SSSR count). The lowest BCUT2D eigenvalue weighted by molar-refractivity contribution is -0.126.